The zero-order valence-corrected chi connectivity index (χ0v) is 15.4. The zero-order chi connectivity index (χ0) is 18.4. The molecule has 2 amide bonds. The SMILES string of the molecule is O=C(Nc1ccc(Cl)cc1C(=O)NCC1CCCCC1)c1ccccc1. The average Bonchev–Trinajstić information content (AvgIpc) is 2.69. The van der Waals surface area contributed by atoms with Crippen molar-refractivity contribution in [2.24, 2.45) is 5.92 Å². The maximum atomic E-state index is 12.7. The van der Waals surface area contributed by atoms with Gasteiger partial charge in [-0.1, -0.05) is 49.1 Å². The van der Waals surface area contributed by atoms with Crippen molar-refractivity contribution in [2.75, 3.05) is 11.9 Å². The van der Waals surface area contributed by atoms with Crippen LogP contribution in [0, 0.1) is 5.92 Å². The van der Waals surface area contributed by atoms with Crippen LogP contribution in [0.5, 0.6) is 0 Å². The van der Waals surface area contributed by atoms with E-state index in [0.717, 1.165) is 12.8 Å². The van der Waals surface area contributed by atoms with Crippen LogP contribution >= 0.6 is 11.6 Å². The molecule has 0 saturated heterocycles. The first-order chi connectivity index (χ1) is 12.6. The summed E-state index contributed by atoms with van der Waals surface area (Å²) < 4.78 is 0. The molecule has 0 aliphatic heterocycles. The number of carbonyl (C=O) groups is 2. The van der Waals surface area contributed by atoms with E-state index < -0.39 is 0 Å². The van der Waals surface area contributed by atoms with Crippen molar-refractivity contribution in [2.45, 2.75) is 32.1 Å². The second-order valence-corrected chi connectivity index (χ2v) is 7.16. The van der Waals surface area contributed by atoms with Gasteiger partial charge in [-0.25, -0.2) is 0 Å². The predicted molar refractivity (Wildman–Crippen MR) is 105 cm³/mol. The first-order valence-corrected chi connectivity index (χ1v) is 9.45. The first-order valence-electron chi connectivity index (χ1n) is 9.07. The van der Waals surface area contributed by atoms with Gasteiger partial charge in [0.2, 0.25) is 0 Å². The number of benzene rings is 2. The lowest BCUT2D eigenvalue weighted by molar-refractivity contribution is 0.0944. The maximum Gasteiger partial charge on any atom is 0.255 e. The summed E-state index contributed by atoms with van der Waals surface area (Å²) in [4.78, 5) is 25.1. The Labute approximate surface area is 158 Å². The van der Waals surface area contributed by atoms with Gasteiger partial charge in [-0.15, -0.1) is 0 Å². The molecule has 0 heterocycles. The number of halogens is 1. The minimum atomic E-state index is -0.255. The standard InChI is InChI=1S/C21H23ClN2O2/c22-17-11-12-19(24-20(25)16-9-5-2-6-10-16)18(13-17)21(26)23-14-15-7-3-1-4-8-15/h2,5-6,9-13,15H,1,3-4,7-8,14H2,(H,23,26)(H,24,25). The van der Waals surface area contributed by atoms with Crippen molar-refractivity contribution in [3.05, 3.63) is 64.7 Å². The van der Waals surface area contributed by atoms with Crippen molar-refractivity contribution < 1.29 is 9.59 Å². The zero-order valence-electron chi connectivity index (χ0n) is 14.6. The maximum absolute atomic E-state index is 12.7. The molecule has 0 aromatic heterocycles. The van der Waals surface area contributed by atoms with Gasteiger partial charge >= 0.3 is 0 Å². The third kappa shape index (κ3) is 4.85. The lowest BCUT2D eigenvalue weighted by Gasteiger charge is -2.22. The Morgan fingerprint density at radius 1 is 0.962 bits per heavy atom. The van der Waals surface area contributed by atoms with Crippen LogP contribution in [0.25, 0.3) is 0 Å². The van der Waals surface area contributed by atoms with E-state index >= 15 is 0 Å². The van der Waals surface area contributed by atoms with E-state index in [1.165, 1.54) is 19.3 Å². The van der Waals surface area contributed by atoms with E-state index in [4.69, 9.17) is 11.6 Å². The van der Waals surface area contributed by atoms with Crippen LogP contribution in [0.4, 0.5) is 5.69 Å². The van der Waals surface area contributed by atoms with Gasteiger partial charge < -0.3 is 10.6 Å². The second kappa shape index (κ2) is 8.86. The van der Waals surface area contributed by atoms with Crippen LogP contribution < -0.4 is 10.6 Å². The molecule has 2 aromatic carbocycles. The van der Waals surface area contributed by atoms with E-state index in [2.05, 4.69) is 10.6 Å². The Kier molecular flexibility index (Phi) is 6.29. The van der Waals surface area contributed by atoms with Crippen LogP contribution in [0.2, 0.25) is 5.02 Å². The molecule has 136 valence electrons. The molecular weight excluding hydrogens is 348 g/mol. The van der Waals surface area contributed by atoms with E-state index in [1.54, 1.807) is 42.5 Å². The van der Waals surface area contributed by atoms with Gasteiger partial charge in [0.05, 0.1) is 11.3 Å². The van der Waals surface area contributed by atoms with E-state index in [9.17, 15) is 9.59 Å². The molecule has 0 unspecified atom stereocenters. The van der Waals surface area contributed by atoms with Crippen molar-refractivity contribution >= 4 is 29.1 Å². The van der Waals surface area contributed by atoms with Gasteiger partial charge in [0.1, 0.15) is 0 Å². The summed E-state index contributed by atoms with van der Waals surface area (Å²) in [6.07, 6.45) is 6.07. The number of carbonyl (C=O) groups excluding carboxylic acids is 2. The molecule has 2 N–H and O–H groups in total. The second-order valence-electron chi connectivity index (χ2n) is 6.72. The van der Waals surface area contributed by atoms with Crippen LogP contribution in [0.15, 0.2) is 48.5 Å². The van der Waals surface area contributed by atoms with Gasteiger partial charge in [0.25, 0.3) is 11.8 Å². The average molecular weight is 371 g/mol. The van der Waals surface area contributed by atoms with Crippen LogP contribution in [0.3, 0.4) is 0 Å². The molecule has 1 saturated carbocycles. The molecule has 1 aliphatic rings. The molecule has 5 heteroatoms. The number of hydrogen-bond donors (Lipinski definition) is 2. The van der Waals surface area contributed by atoms with Gasteiger partial charge in [-0.2, -0.15) is 0 Å². The highest BCUT2D eigenvalue weighted by molar-refractivity contribution is 6.31. The molecule has 0 radical (unpaired) electrons. The molecule has 0 bridgehead atoms. The van der Waals surface area contributed by atoms with Gasteiger partial charge in [-0.05, 0) is 49.1 Å². The number of rotatable bonds is 5. The molecular formula is C21H23ClN2O2. The quantitative estimate of drug-likeness (QED) is 0.786. The molecule has 3 rings (SSSR count). The first kappa shape index (κ1) is 18.5. The number of nitrogens with one attached hydrogen (secondary N) is 2. The molecule has 1 fully saturated rings. The Hall–Kier alpha value is -2.33. The molecule has 2 aromatic rings. The summed E-state index contributed by atoms with van der Waals surface area (Å²) in [5.74, 6) is 0.0740. The van der Waals surface area contributed by atoms with Gasteiger partial charge in [0.15, 0.2) is 0 Å². The largest absolute Gasteiger partial charge is 0.352 e. The molecule has 26 heavy (non-hydrogen) atoms. The smallest absolute Gasteiger partial charge is 0.255 e. The Morgan fingerprint density at radius 2 is 1.69 bits per heavy atom. The molecule has 0 atom stereocenters. The minimum absolute atomic E-state index is 0.207. The monoisotopic (exact) mass is 370 g/mol. The van der Waals surface area contributed by atoms with E-state index in [0.29, 0.717) is 34.3 Å². The highest BCUT2D eigenvalue weighted by Gasteiger charge is 2.18. The van der Waals surface area contributed by atoms with Crippen molar-refractivity contribution in [1.29, 1.82) is 0 Å². The van der Waals surface area contributed by atoms with E-state index in [1.807, 2.05) is 6.07 Å². The van der Waals surface area contributed by atoms with Crippen molar-refractivity contribution in [1.82, 2.24) is 5.32 Å². The Morgan fingerprint density at radius 3 is 2.42 bits per heavy atom. The third-order valence-corrected chi connectivity index (χ3v) is 5.02. The lowest BCUT2D eigenvalue weighted by atomic mass is 9.89. The fraction of sp³-hybridized carbons (Fsp3) is 0.333. The molecule has 0 spiro atoms. The molecule has 1 aliphatic carbocycles. The molecule has 4 nitrogen and oxygen atoms in total. The van der Waals surface area contributed by atoms with Crippen molar-refractivity contribution in [3.63, 3.8) is 0 Å². The summed E-state index contributed by atoms with van der Waals surface area (Å²) in [6.45, 7) is 0.664. The summed E-state index contributed by atoms with van der Waals surface area (Å²) in [6, 6.07) is 13.8. The van der Waals surface area contributed by atoms with Crippen LogP contribution in [0.1, 0.15) is 52.8 Å². The van der Waals surface area contributed by atoms with Gasteiger partial charge in [-0.3, -0.25) is 9.59 Å². The fourth-order valence-corrected chi connectivity index (χ4v) is 3.49. The summed E-state index contributed by atoms with van der Waals surface area (Å²) >= 11 is 6.07. The van der Waals surface area contributed by atoms with E-state index in [-0.39, 0.29) is 11.8 Å². The lowest BCUT2D eigenvalue weighted by Crippen LogP contribution is -2.31. The Bertz CT molecular complexity index is 771. The number of anilines is 1. The van der Waals surface area contributed by atoms with Crippen LogP contribution in [-0.2, 0) is 0 Å². The van der Waals surface area contributed by atoms with Crippen LogP contribution in [-0.4, -0.2) is 18.4 Å². The highest BCUT2D eigenvalue weighted by Crippen LogP contribution is 2.24. The third-order valence-electron chi connectivity index (χ3n) is 4.79. The summed E-state index contributed by atoms with van der Waals surface area (Å²) in [5, 5.41) is 6.28. The highest BCUT2D eigenvalue weighted by atomic mass is 35.5. The van der Waals surface area contributed by atoms with Gasteiger partial charge in [0, 0.05) is 17.1 Å². The fourth-order valence-electron chi connectivity index (χ4n) is 3.32. The summed E-state index contributed by atoms with van der Waals surface area (Å²) in [5.41, 5.74) is 1.39. The summed E-state index contributed by atoms with van der Waals surface area (Å²) in [7, 11) is 0. The normalized spacial score (nSPS) is 14.7. The topological polar surface area (TPSA) is 58.2 Å². The minimum Gasteiger partial charge on any atom is -0.352 e. The predicted octanol–water partition coefficient (Wildman–Crippen LogP) is 4.90. The number of hydrogen-bond acceptors (Lipinski definition) is 2. The Balaban J connectivity index is 1.70. The van der Waals surface area contributed by atoms with Crippen molar-refractivity contribution in [3.8, 4) is 0 Å². The number of amides is 2.